The van der Waals surface area contributed by atoms with E-state index in [0.717, 1.165) is 23.1 Å². The van der Waals surface area contributed by atoms with Crippen molar-refractivity contribution in [3.05, 3.63) is 38.3 Å². The molecule has 0 N–H and O–H groups in total. The number of rotatable bonds is 3. The fourth-order valence-corrected chi connectivity index (χ4v) is 3.00. The molecule has 18 heavy (non-hydrogen) atoms. The lowest BCUT2D eigenvalue weighted by Crippen LogP contribution is -2.29. The van der Waals surface area contributed by atoms with Gasteiger partial charge in [-0.05, 0) is 24.8 Å². The fourth-order valence-electron chi connectivity index (χ4n) is 2.12. The number of hydrogen-bond donors (Lipinski definition) is 0. The highest BCUT2D eigenvalue weighted by Gasteiger charge is 2.26. The van der Waals surface area contributed by atoms with Crippen LogP contribution in [0.25, 0.3) is 0 Å². The molecule has 98 valence electrons. The van der Waals surface area contributed by atoms with Gasteiger partial charge in [-0.25, -0.2) is 0 Å². The Morgan fingerprint density at radius 2 is 2.28 bits per heavy atom. The quantitative estimate of drug-likeness (QED) is 0.457. The van der Waals surface area contributed by atoms with E-state index in [0.29, 0.717) is 23.8 Å². The fraction of sp³-hybridized carbons (Fsp3) is 0.500. The number of ether oxygens (including phenoxy) is 1. The standard InChI is InChI=1S/C12H13Br2NO3/c13-10-2-1-8(12(6-10)15(16)17)5-9-7-18-4-3-11(9)14/h1-2,6,9,11H,3-5,7H2. The summed E-state index contributed by atoms with van der Waals surface area (Å²) in [5, 5.41) is 11.0. The molecule has 1 heterocycles. The van der Waals surface area contributed by atoms with Crippen molar-refractivity contribution in [3.63, 3.8) is 0 Å². The van der Waals surface area contributed by atoms with E-state index in [1.165, 1.54) is 0 Å². The average Bonchev–Trinajstić information content (AvgIpc) is 2.34. The normalized spacial score (nSPS) is 23.9. The zero-order chi connectivity index (χ0) is 13.1. The molecule has 0 spiro atoms. The molecule has 0 amide bonds. The van der Waals surface area contributed by atoms with Gasteiger partial charge in [-0.15, -0.1) is 0 Å². The van der Waals surface area contributed by atoms with Gasteiger partial charge in [0.05, 0.1) is 11.5 Å². The molecule has 1 aromatic carbocycles. The smallest absolute Gasteiger partial charge is 0.273 e. The molecule has 2 unspecified atom stereocenters. The lowest BCUT2D eigenvalue weighted by molar-refractivity contribution is -0.385. The summed E-state index contributed by atoms with van der Waals surface area (Å²) in [6.07, 6.45) is 1.62. The van der Waals surface area contributed by atoms with Crippen molar-refractivity contribution >= 4 is 37.5 Å². The van der Waals surface area contributed by atoms with Crippen molar-refractivity contribution in [3.8, 4) is 0 Å². The van der Waals surface area contributed by atoms with Crippen molar-refractivity contribution in [1.29, 1.82) is 0 Å². The van der Waals surface area contributed by atoms with Crippen LogP contribution < -0.4 is 0 Å². The Morgan fingerprint density at radius 1 is 1.50 bits per heavy atom. The van der Waals surface area contributed by atoms with E-state index >= 15 is 0 Å². The minimum Gasteiger partial charge on any atom is -0.381 e. The Labute approximate surface area is 122 Å². The molecule has 0 radical (unpaired) electrons. The Balaban J connectivity index is 2.20. The highest BCUT2D eigenvalue weighted by Crippen LogP contribution is 2.30. The van der Waals surface area contributed by atoms with Gasteiger partial charge in [-0.2, -0.15) is 0 Å². The van der Waals surface area contributed by atoms with E-state index < -0.39 is 0 Å². The first-order valence-corrected chi connectivity index (χ1v) is 7.43. The van der Waals surface area contributed by atoms with Gasteiger partial charge < -0.3 is 4.74 Å². The van der Waals surface area contributed by atoms with Crippen LogP contribution in [0.3, 0.4) is 0 Å². The summed E-state index contributed by atoms with van der Waals surface area (Å²) in [5.41, 5.74) is 0.942. The van der Waals surface area contributed by atoms with Crippen molar-refractivity contribution < 1.29 is 9.66 Å². The zero-order valence-corrected chi connectivity index (χ0v) is 12.8. The number of halogens is 2. The number of hydrogen-bond acceptors (Lipinski definition) is 3. The molecule has 2 rings (SSSR count). The SMILES string of the molecule is O=[N+]([O-])c1cc(Br)ccc1CC1COCCC1Br. The molecule has 4 nitrogen and oxygen atoms in total. The highest BCUT2D eigenvalue weighted by molar-refractivity contribution is 9.10. The first-order chi connectivity index (χ1) is 8.58. The summed E-state index contributed by atoms with van der Waals surface area (Å²) in [4.78, 5) is 11.1. The summed E-state index contributed by atoms with van der Waals surface area (Å²) < 4.78 is 6.17. The molecule has 0 aromatic heterocycles. The largest absolute Gasteiger partial charge is 0.381 e. The van der Waals surface area contributed by atoms with E-state index in [9.17, 15) is 10.1 Å². The monoisotopic (exact) mass is 377 g/mol. The number of benzene rings is 1. The molecular weight excluding hydrogens is 366 g/mol. The first kappa shape index (κ1) is 14.0. The molecular formula is C12H13Br2NO3. The van der Waals surface area contributed by atoms with E-state index in [4.69, 9.17) is 4.74 Å². The number of nitro benzene ring substituents is 1. The zero-order valence-electron chi connectivity index (χ0n) is 9.64. The number of alkyl halides is 1. The van der Waals surface area contributed by atoms with Crippen molar-refractivity contribution in [1.82, 2.24) is 0 Å². The number of nitro groups is 1. The predicted molar refractivity (Wildman–Crippen MR) is 76.1 cm³/mol. The van der Waals surface area contributed by atoms with Crippen LogP contribution in [0.2, 0.25) is 0 Å². The van der Waals surface area contributed by atoms with Crippen LogP contribution in [-0.4, -0.2) is 23.0 Å². The predicted octanol–water partition coefficient (Wildman–Crippen LogP) is 3.70. The molecule has 1 fully saturated rings. The van der Waals surface area contributed by atoms with Crippen LogP contribution in [0, 0.1) is 16.0 Å². The van der Waals surface area contributed by atoms with Gasteiger partial charge in [0.15, 0.2) is 0 Å². The van der Waals surface area contributed by atoms with Crippen molar-refractivity contribution in [2.24, 2.45) is 5.92 Å². The molecule has 0 bridgehead atoms. The Kier molecular flexibility index (Phi) is 4.75. The van der Waals surface area contributed by atoms with Gasteiger partial charge in [0, 0.05) is 27.5 Å². The van der Waals surface area contributed by atoms with Gasteiger partial charge in [0.1, 0.15) is 0 Å². The second-order valence-electron chi connectivity index (χ2n) is 4.37. The topological polar surface area (TPSA) is 52.4 Å². The molecule has 0 aliphatic carbocycles. The van der Waals surface area contributed by atoms with Crippen LogP contribution in [-0.2, 0) is 11.2 Å². The van der Waals surface area contributed by atoms with E-state index in [-0.39, 0.29) is 10.6 Å². The lowest BCUT2D eigenvalue weighted by atomic mass is 9.93. The van der Waals surface area contributed by atoms with Crippen molar-refractivity contribution in [2.45, 2.75) is 17.7 Å². The van der Waals surface area contributed by atoms with Crippen LogP contribution in [0.5, 0.6) is 0 Å². The second-order valence-corrected chi connectivity index (χ2v) is 6.47. The third-order valence-electron chi connectivity index (χ3n) is 3.11. The van der Waals surface area contributed by atoms with Crippen LogP contribution in [0.4, 0.5) is 5.69 Å². The lowest BCUT2D eigenvalue weighted by Gasteiger charge is -2.27. The maximum Gasteiger partial charge on any atom is 0.273 e. The third kappa shape index (κ3) is 3.30. The molecule has 1 aliphatic heterocycles. The van der Waals surface area contributed by atoms with E-state index in [2.05, 4.69) is 31.9 Å². The van der Waals surface area contributed by atoms with Gasteiger partial charge in [-0.3, -0.25) is 10.1 Å². The maximum atomic E-state index is 11.0. The Hall–Kier alpha value is -0.460. The highest BCUT2D eigenvalue weighted by atomic mass is 79.9. The summed E-state index contributed by atoms with van der Waals surface area (Å²) in [6, 6.07) is 5.22. The maximum absolute atomic E-state index is 11.0. The Morgan fingerprint density at radius 3 is 2.94 bits per heavy atom. The first-order valence-electron chi connectivity index (χ1n) is 5.72. The van der Waals surface area contributed by atoms with Gasteiger partial charge in [0.25, 0.3) is 5.69 Å². The minimum absolute atomic E-state index is 0.176. The Bertz CT molecular complexity index is 453. The third-order valence-corrected chi connectivity index (χ3v) is 4.81. The molecule has 0 saturated carbocycles. The summed E-state index contributed by atoms with van der Waals surface area (Å²) in [6.45, 7) is 1.41. The van der Waals surface area contributed by atoms with Gasteiger partial charge >= 0.3 is 0 Å². The minimum atomic E-state index is -0.326. The molecule has 1 aromatic rings. The molecule has 1 saturated heterocycles. The van der Waals surface area contributed by atoms with Crippen LogP contribution in [0.15, 0.2) is 22.7 Å². The molecule has 1 aliphatic rings. The second kappa shape index (κ2) is 6.12. The molecule has 6 heteroatoms. The summed E-state index contributed by atoms with van der Waals surface area (Å²) in [5.74, 6) is 0.290. The van der Waals surface area contributed by atoms with Gasteiger partial charge in [-0.1, -0.05) is 37.9 Å². The van der Waals surface area contributed by atoms with Crippen LogP contribution >= 0.6 is 31.9 Å². The average molecular weight is 379 g/mol. The van der Waals surface area contributed by atoms with Crippen molar-refractivity contribution in [2.75, 3.05) is 13.2 Å². The van der Waals surface area contributed by atoms with E-state index in [1.54, 1.807) is 6.07 Å². The van der Waals surface area contributed by atoms with E-state index in [1.807, 2.05) is 12.1 Å². The summed E-state index contributed by atoms with van der Waals surface area (Å²) in [7, 11) is 0. The summed E-state index contributed by atoms with van der Waals surface area (Å²) >= 11 is 6.89. The van der Waals surface area contributed by atoms with Crippen LogP contribution in [0.1, 0.15) is 12.0 Å². The molecule has 2 atom stereocenters. The van der Waals surface area contributed by atoms with Gasteiger partial charge in [0.2, 0.25) is 0 Å². The number of nitrogens with zero attached hydrogens (tertiary/aromatic N) is 1.